The molecule has 0 N–H and O–H groups in total. The van der Waals surface area contributed by atoms with E-state index in [0.29, 0.717) is 30.7 Å². The second-order valence-corrected chi connectivity index (χ2v) is 12.5. The standard InChI is InChI=1S/C25H21F13N2O8S2/c1-2-4-19(39-47-49(41,42)24(33,34)35)15-5-9-17(10-6-15)45-13-3-14-46-18-11-7-16(8-12-18)20(40-48-50(43,44)25(36,37)38)21(26,27)22(28,29)23(30,31)32/h5-12H,2-4,13-14H2,1H3/b39-19-,40-20+. The van der Waals surface area contributed by atoms with Gasteiger partial charge in [-0.3, -0.25) is 8.57 Å². The van der Waals surface area contributed by atoms with Crippen molar-refractivity contribution < 1.29 is 92.0 Å². The second-order valence-electron chi connectivity index (χ2n) is 9.42. The van der Waals surface area contributed by atoms with Crippen molar-refractivity contribution in [3.05, 3.63) is 59.7 Å². The van der Waals surface area contributed by atoms with Crippen LogP contribution in [0.3, 0.4) is 0 Å². The summed E-state index contributed by atoms with van der Waals surface area (Å²) in [5, 5.41) is 4.92. The number of oxime groups is 2. The lowest BCUT2D eigenvalue weighted by Gasteiger charge is -2.28. The Bertz CT molecular complexity index is 1720. The van der Waals surface area contributed by atoms with Crippen molar-refractivity contribution in [1.29, 1.82) is 0 Å². The zero-order chi connectivity index (χ0) is 38.4. The summed E-state index contributed by atoms with van der Waals surface area (Å²) in [6.07, 6.45) is -6.51. The maximum absolute atomic E-state index is 14.4. The number of hydrogen-bond acceptors (Lipinski definition) is 10. The topological polar surface area (TPSA) is 130 Å². The maximum atomic E-state index is 14.4. The van der Waals surface area contributed by atoms with Gasteiger partial charge in [0, 0.05) is 12.0 Å². The maximum Gasteiger partial charge on any atom is 0.536 e. The van der Waals surface area contributed by atoms with Crippen LogP contribution in [0, 0.1) is 0 Å². The molecule has 0 unspecified atom stereocenters. The molecular weight excluding hydrogens is 767 g/mol. The summed E-state index contributed by atoms with van der Waals surface area (Å²) in [5.41, 5.74) is -16.2. The van der Waals surface area contributed by atoms with Crippen molar-refractivity contribution in [3.63, 3.8) is 0 Å². The number of rotatable bonds is 16. The Hall–Kier alpha value is -4.03. The predicted octanol–water partition coefficient (Wildman–Crippen LogP) is 7.31. The molecule has 0 bridgehead atoms. The van der Waals surface area contributed by atoms with Crippen LogP contribution in [0.25, 0.3) is 0 Å². The summed E-state index contributed by atoms with van der Waals surface area (Å²) in [7, 11) is -12.8. The van der Waals surface area contributed by atoms with E-state index in [2.05, 4.69) is 13.7 Å². The van der Waals surface area contributed by atoms with Crippen molar-refractivity contribution in [1.82, 2.24) is 0 Å². The van der Waals surface area contributed by atoms with Gasteiger partial charge in [-0.2, -0.15) is 73.9 Å². The third-order valence-corrected chi connectivity index (χ3v) is 7.39. The molecule has 0 saturated carbocycles. The molecule has 0 aliphatic rings. The first-order chi connectivity index (χ1) is 22.7. The second kappa shape index (κ2) is 15.5. The van der Waals surface area contributed by atoms with Crippen LogP contribution in [-0.2, 0) is 28.8 Å². The molecule has 0 atom stereocenters. The van der Waals surface area contributed by atoms with Gasteiger partial charge in [-0.05, 0) is 60.5 Å². The minimum Gasteiger partial charge on any atom is -0.493 e. The van der Waals surface area contributed by atoms with Crippen molar-refractivity contribution >= 4 is 31.7 Å². The molecule has 2 aromatic rings. The van der Waals surface area contributed by atoms with Crippen LogP contribution >= 0.6 is 0 Å². The lowest BCUT2D eigenvalue weighted by molar-refractivity contribution is -0.336. The summed E-state index contributed by atoms with van der Waals surface area (Å²) in [6.45, 7) is 1.34. The fourth-order valence-corrected chi connectivity index (χ4v) is 3.78. The number of halogens is 13. The van der Waals surface area contributed by atoms with Crippen LogP contribution in [0.2, 0.25) is 0 Å². The minimum absolute atomic E-state index is 0.0379. The molecule has 0 amide bonds. The molecule has 10 nitrogen and oxygen atoms in total. The first-order valence-corrected chi connectivity index (χ1v) is 15.9. The van der Waals surface area contributed by atoms with Crippen LogP contribution in [-0.4, -0.2) is 70.5 Å². The highest BCUT2D eigenvalue weighted by atomic mass is 32.2. The predicted molar refractivity (Wildman–Crippen MR) is 145 cm³/mol. The van der Waals surface area contributed by atoms with Gasteiger partial charge < -0.3 is 9.47 Å². The molecule has 0 saturated heterocycles. The molecule has 2 rings (SSSR count). The average Bonchev–Trinajstić information content (AvgIpc) is 2.98. The molecule has 0 aliphatic carbocycles. The summed E-state index contributed by atoms with van der Waals surface area (Å²) < 4.78 is 231. The van der Waals surface area contributed by atoms with Gasteiger partial charge in [-0.1, -0.05) is 23.7 Å². The fraction of sp³-hybridized carbons (Fsp3) is 0.440. The molecule has 0 heterocycles. The average molecular weight is 789 g/mol. The van der Waals surface area contributed by atoms with Gasteiger partial charge in [0.2, 0.25) is 0 Å². The Labute approximate surface area is 273 Å². The van der Waals surface area contributed by atoms with Crippen LogP contribution < -0.4 is 9.47 Å². The number of hydrogen-bond donors (Lipinski definition) is 0. The van der Waals surface area contributed by atoms with Crippen LogP contribution in [0.5, 0.6) is 11.5 Å². The molecule has 0 spiro atoms. The Kier molecular flexibility index (Phi) is 13.0. The Morgan fingerprint density at radius 2 is 1.02 bits per heavy atom. The Balaban J connectivity index is 2.10. The summed E-state index contributed by atoms with van der Waals surface area (Å²) >= 11 is 0. The number of alkyl halides is 13. The van der Waals surface area contributed by atoms with E-state index in [9.17, 15) is 73.9 Å². The van der Waals surface area contributed by atoms with Gasteiger partial charge in [0.15, 0.2) is 5.71 Å². The highest BCUT2D eigenvalue weighted by molar-refractivity contribution is 7.87. The first-order valence-electron chi connectivity index (χ1n) is 13.1. The largest absolute Gasteiger partial charge is 0.536 e. The summed E-state index contributed by atoms with van der Waals surface area (Å²) in [4.78, 5) is 0. The molecule has 0 fully saturated rings. The van der Waals surface area contributed by atoms with Crippen LogP contribution in [0.1, 0.15) is 37.3 Å². The van der Waals surface area contributed by atoms with Gasteiger partial charge >= 0.3 is 49.3 Å². The molecule has 50 heavy (non-hydrogen) atoms. The zero-order valence-corrected chi connectivity index (χ0v) is 26.2. The van der Waals surface area contributed by atoms with Gasteiger partial charge in [-0.25, -0.2) is 0 Å². The Morgan fingerprint density at radius 3 is 1.40 bits per heavy atom. The number of ether oxygens (including phenoxy) is 2. The van der Waals surface area contributed by atoms with E-state index < -0.39 is 60.5 Å². The Morgan fingerprint density at radius 1 is 0.620 bits per heavy atom. The van der Waals surface area contributed by atoms with Gasteiger partial charge in [0.1, 0.15) is 11.5 Å². The van der Waals surface area contributed by atoms with Crippen molar-refractivity contribution in [2.24, 2.45) is 10.3 Å². The number of nitrogens with zero attached hydrogens (tertiary/aromatic N) is 2. The monoisotopic (exact) mass is 788 g/mol. The molecule has 0 radical (unpaired) electrons. The molecule has 2 aromatic carbocycles. The normalized spacial score (nSPS) is 14.4. The third-order valence-electron chi connectivity index (χ3n) is 5.72. The molecular formula is C25H21F13N2O8S2. The summed E-state index contributed by atoms with van der Waals surface area (Å²) in [5.74, 6) is -13.4. The minimum atomic E-state index is -6.97. The van der Waals surface area contributed by atoms with Crippen LogP contribution in [0.15, 0.2) is 58.8 Å². The number of benzene rings is 2. The molecule has 0 aliphatic heterocycles. The fourth-order valence-electron chi connectivity index (χ4n) is 3.25. The van der Waals surface area contributed by atoms with E-state index >= 15 is 0 Å². The van der Waals surface area contributed by atoms with Crippen molar-refractivity contribution in [3.8, 4) is 11.5 Å². The third kappa shape index (κ3) is 10.3. The van der Waals surface area contributed by atoms with E-state index in [1.165, 1.54) is 24.3 Å². The summed E-state index contributed by atoms with van der Waals surface area (Å²) in [6, 6.07) is 7.47. The van der Waals surface area contributed by atoms with E-state index in [1.54, 1.807) is 6.92 Å². The van der Waals surface area contributed by atoms with Gasteiger partial charge in [-0.15, -0.1) is 0 Å². The van der Waals surface area contributed by atoms with Crippen LogP contribution in [0.4, 0.5) is 57.1 Å². The first kappa shape index (κ1) is 42.1. The van der Waals surface area contributed by atoms with E-state index in [4.69, 9.17) is 9.47 Å². The molecule has 282 valence electrons. The highest BCUT2D eigenvalue weighted by Gasteiger charge is 2.75. The lowest BCUT2D eigenvalue weighted by Crippen LogP contribution is -2.56. The molecule has 25 heteroatoms. The van der Waals surface area contributed by atoms with Crippen molar-refractivity contribution in [2.75, 3.05) is 13.2 Å². The van der Waals surface area contributed by atoms with E-state index in [1.807, 2.05) is 5.16 Å². The van der Waals surface area contributed by atoms with Crippen molar-refractivity contribution in [2.45, 2.75) is 55.2 Å². The molecule has 0 aromatic heterocycles. The lowest BCUT2D eigenvalue weighted by atomic mass is 9.99. The zero-order valence-electron chi connectivity index (χ0n) is 24.5. The van der Waals surface area contributed by atoms with Gasteiger partial charge in [0.25, 0.3) is 0 Å². The highest BCUT2D eigenvalue weighted by Crippen LogP contribution is 2.48. The van der Waals surface area contributed by atoms with E-state index in [0.717, 1.165) is 0 Å². The quantitative estimate of drug-likeness (QED) is 0.0570. The van der Waals surface area contributed by atoms with Gasteiger partial charge in [0.05, 0.1) is 18.9 Å². The van der Waals surface area contributed by atoms with E-state index in [-0.39, 0.29) is 48.8 Å². The SMILES string of the molecule is CCC/C(=N/OS(=O)(=O)C(F)(F)F)c1ccc(OCCCOc2ccc(/C(=N\OS(=O)(=O)C(F)(F)F)C(F)(F)C(F)(F)C(F)(F)F)cc2)cc1. The smallest absolute Gasteiger partial charge is 0.493 e.